The molecule has 0 bridgehead atoms. The molecule has 0 N–H and O–H groups in total. The molecule has 3 aliphatic rings. The minimum absolute atomic E-state index is 0.260. The molecule has 2 fully saturated rings. The Bertz CT molecular complexity index is 1060. The number of nitrogens with zero attached hydrogens (tertiary/aromatic N) is 6. The number of amidine groups is 2. The molecular weight excluding hydrogens is 483 g/mol. The predicted octanol–water partition coefficient (Wildman–Crippen LogP) is 1.98. The SMILES string of the molecule is CCOC(=O)N1CCN(CC2=[N+](Cc3c(Cl)cccc3Cl)C3C(=O)N(C)C(=O)N(C)C3=N2)CC1. The molecule has 3 heterocycles. The molecule has 0 aliphatic carbocycles. The number of carbonyl (C=O) groups is 3. The van der Waals surface area contributed by atoms with E-state index in [1.165, 1.54) is 11.9 Å². The fourth-order valence-electron chi connectivity index (χ4n) is 4.31. The molecule has 0 saturated carbocycles. The van der Waals surface area contributed by atoms with Crippen LogP contribution in [-0.4, -0.2) is 113 Å². The van der Waals surface area contributed by atoms with Gasteiger partial charge in [-0.15, -0.1) is 0 Å². The van der Waals surface area contributed by atoms with Gasteiger partial charge < -0.3 is 9.64 Å². The predicted molar refractivity (Wildman–Crippen MR) is 128 cm³/mol. The summed E-state index contributed by atoms with van der Waals surface area (Å²) in [6.45, 7) is 5.13. The lowest BCUT2D eigenvalue weighted by Crippen LogP contribution is -2.61. The first-order valence-corrected chi connectivity index (χ1v) is 11.8. The summed E-state index contributed by atoms with van der Waals surface area (Å²) >= 11 is 12.9. The molecule has 0 spiro atoms. The first kappa shape index (κ1) is 24.4. The van der Waals surface area contributed by atoms with Crippen molar-refractivity contribution in [1.29, 1.82) is 0 Å². The Labute approximate surface area is 207 Å². The van der Waals surface area contributed by atoms with Crippen LogP contribution in [0.4, 0.5) is 9.59 Å². The number of rotatable bonds is 5. The Morgan fingerprint density at radius 3 is 2.38 bits per heavy atom. The number of imide groups is 1. The molecule has 0 radical (unpaired) electrons. The average molecular weight is 510 g/mol. The van der Waals surface area contributed by atoms with E-state index < -0.39 is 12.1 Å². The van der Waals surface area contributed by atoms with Crippen LogP contribution in [-0.2, 0) is 16.1 Å². The van der Waals surface area contributed by atoms with Gasteiger partial charge in [-0.1, -0.05) is 29.3 Å². The van der Waals surface area contributed by atoms with E-state index in [0.717, 1.165) is 4.90 Å². The van der Waals surface area contributed by atoms with E-state index in [4.69, 9.17) is 32.9 Å². The Hall–Kier alpha value is -2.69. The number of hydrogen-bond donors (Lipinski definition) is 0. The van der Waals surface area contributed by atoms with Crippen molar-refractivity contribution in [3.8, 4) is 0 Å². The molecule has 4 amide bonds. The maximum Gasteiger partial charge on any atom is 0.409 e. The molecule has 4 rings (SSSR count). The smallest absolute Gasteiger partial charge is 0.409 e. The zero-order valence-corrected chi connectivity index (χ0v) is 20.8. The number of hydrogen-bond acceptors (Lipinski definition) is 6. The molecule has 182 valence electrons. The molecule has 1 aromatic rings. The van der Waals surface area contributed by atoms with Crippen molar-refractivity contribution in [3.05, 3.63) is 33.8 Å². The maximum atomic E-state index is 13.2. The standard InChI is InChI=1S/C22H27Cl2N6O4/c1-4-34-22(33)29-10-8-28(9-11-29)13-17-25-19-18(20(31)27(3)21(32)26(19)2)30(17)12-14-15(23)6-5-7-16(14)24/h5-7,18H,4,8-13H2,1-3H3/q+1. The summed E-state index contributed by atoms with van der Waals surface area (Å²) in [5, 5.41) is 0.980. The largest absolute Gasteiger partial charge is 0.450 e. The number of aliphatic imine (C=N–C) groups is 1. The lowest BCUT2D eigenvalue weighted by molar-refractivity contribution is -0.552. The molecule has 2 saturated heterocycles. The van der Waals surface area contributed by atoms with Gasteiger partial charge in [0, 0.05) is 55.9 Å². The van der Waals surface area contributed by atoms with Gasteiger partial charge in [-0.3, -0.25) is 19.5 Å². The number of carbonyl (C=O) groups excluding carboxylic acids is 3. The van der Waals surface area contributed by atoms with E-state index >= 15 is 0 Å². The van der Waals surface area contributed by atoms with Gasteiger partial charge in [0.25, 0.3) is 17.8 Å². The van der Waals surface area contributed by atoms with E-state index in [9.17, 15) is 14.4 Å². The van der Waals surface area contributed by atoms with Gasteiger partial charge in [-0.2, -0.15) is 0 Å². The summed E-state index contributed by atoms with van der Waals surface area (Å²) in [5.74, 6) is 0.674. The highest BCUT2D eigenvalue weighted by Gasteiger charge is 2.53. The number of amides is 4. The van der Waals surface area contributed by atoms with Crippen molar-refractivity contribution in [2.24, 2.45) is 4.99 Å². The third-order valence-corrected chi connectivity index (χ3v) is 6.98. The summed E-state index contributed by atoms with van der Waals surface area (Å²) in [6, 6.07) is 4.08. The van der Waals surface area contributed by atoms with Gasteiger partial charge in [0.15, 0.2) is 0 Å². The topological polar surface area (TPSA) is 88.8 Å². The van der Waals surface area contributed by atoms with Crippen LogP contribution in [0.5, 0.6) is 0 Å². The van der Waals surface area contributed by atoms with Crippen LogP contribution in [0.3, 0.4) is 0 Å². The highest BCUT2D eigenvalue weighted by molar-refractivity contribution is 6.36. The monoisotopic (exact) mass is 509 g/mol. The minimum Gasteiger partial charge on any atom is -0.450 e. The Kier molecular flexibility index (Phi) is 7.11. The van der Waals surface area contributed by atoms with Crippen LogP contribution in [0.15, 0.2) is 23.2 Å². The van der Waals surface area contributed by atoms with E-state index in [1.54, 1.807) is 37.1 Å². The zero-order valence-electron chi connectivity index (χ0n) is 19.3. The van der Waals surface area contributed by atoms with Crippen LogP contribution in [0.1, 0.15) is 12.5 Å². The normalized spacial score (nSPS) is 21.3. The quantitative estimate of drug-likeness (QED) is 0.566. The third kappa shape index (κ3) is 4.49. The van der Waals surface area contributed by atoms with Crippen molar-refractivity contribution >= 4 is 52.9 Å². The third-order valence-electron chi connectivity index (χ3n) is 6.27. The van der Waals surface area contributed by atoms with Gasteiger partial charge in [0.2, 0.25) is 0 Å². The van der Waals surface area contributed by atoms with Crippen LogP contribution >= 0.6 is 23.2 Å². The second-order valence-corrected chi connectivity index (χ2v) is 9.13. The maximum absolute atomic E-state index is 13.2. The van der Waals surface area contributed by atoms with Gasteiger partial charge in [-0.05, 0) is 24.0 Å². The van der Waals surface area contributed by atoms with Crippen molar-refractivity contribution in [2.75, 3.05) is 53.4 Å². The molecule has 1 aromatic carbocycles. The van der Waals surface area contributed by atoms with Gasteiger partial charge >= 0.3 is 18.0 Å². The highest BCUT2D eigenvalue weighted by atomic mass is 35.5. The molecule has 0 aromatic heterocycles. The van der Waals surface area contributed by atoms with Crippen molar-refractivity contribution in [3.63, 3.8) is 0 Å². The Morgan fingerprint density at radius 2 is 1.76 bits per heavy atom. The van der Waals surface area contributed by atoms with Crippen molar-refractivity contribution in [1.82, 2.24) is 19.6 Å². The molecule has 10 nitrogen and oxygen atoms in total. The summed E-state index contributed by atoms with van der Waals surface area (Å²) in [7, 11) is 3.07. The Balaban J connectivity index is 1.62. The fourth-order valence-corrected chi connectivity index (χ4v) is 4.83. The highest BCUT2D eigenvalue weighted by Crippen LogP contribution is 2.28. The van der Waals surface area contributed by atoms with Crippen LogP contribution in [0.2, 0.25) is 10.0 Å². The summed E-state index contributed by atoms with van der Waals surface area (Å²) in [5.41, 5.74) is 0.682. The van der Waals surface area contributed by atoms with E-state index in [-0.39, 0.29) is 18.5 Å². The first-order chi connectivity index (χ1) is 16.2. The van der Waals surface area contributed by atoms with Crippen LogP contribution < -0.4 is 0 Å². The number of urea groups is 1. The molecule has 1 atom stereocenters. The number of ether oxygens (including phenoxy) is 1. The fraction of sp³-hybridized carbons (Fsp3) is 0.500. The summed E-state index contributed by atoms with van der Waals surface area (Å²) < 4.78 is 6.96. The number of piperazine rings is 1. The van der Waals surface area contributed by atoms with E-state index in [2.05, 4.69) is 4.90 Å². The lowest BCUT2D eigenvalue weighted by atomic mass is 10.1. The summed E-state index contributed by atoms with van der Waals surface area (Å²) in [6.07, 6.45) is -0.314. The Morgan fingerprint density at radius 1 is 1.12 bits per heavy atom. The number of benzene rings is 1. The number of fused-ring (bicyclic) bond motifs is 1. The van der Waals surface area contributed by atoms with E-state index in [0.29, 0.717) is 66.6 Å². The van der Waals surface area contributed by atoms with Crippen molar-refractivity contribution in [2.45, 2.75) is 19.5 Å². The number of likely N-dealkylation sites (N-methyl/N-ethyl adjacent to an activating group) is 2. The van der Waals surface area contributed by atoms with Crippen LogP contribution in [0.25, 0.3) is 0 Å². The molecule has 3 aliphatic heterocycles. The van der Waals surface area contributed by atoms with Gasteiger partial charge in [0.05, 0.1) is 6.61 Å². The van der Waals surface area contributed by atoms with Crippen LogP contribution in [0, 0.1) is 0 Å². The summed E-state index contributed by atoms with van der Waals surface area (Å²) in [4.78, 5) is 48.8. The molecular formula is C22H27Cl2N6O4+. The van der Waals surface area contributed by atoms with E-state index in [1.807, 2.05) is 4.58 Å². The zero-order chi connectivity index (χ0) is 24.6. The molecule has 34 heavy (non-hydrogen) atoms. The average Bonchev–Trinajstić information content (AvgIpc) is 3.17. The second-order valence-electron chi connectivity index (χ2n) is 8.32. The van der Waals surface area contributed by atoms with Gasteiger partial charge in [-0.25, -0.2) is 14.2 Å². The lowest BCUT2D eigenvalue weighted by Gasteiger charge is -2.33. The van der Waals surface area contributed by atoms with Gasteiger partial charge in [0.1, 0.15) is 13.1 Å². The van der Waals surface area contributed by atoms with Crippen molar-refractivity contribution < 1.29 is 23.7 Å². The second kappa shape index (κ2) is 9.89. The number of halogens is 2. The minimum atomic E-state index is -0.754. The molecule has 1 unspecified atom stereocenters. The molecule has 12 heteroatoms. The first-order valence-electron chi connectivity index (χ1n) is 11.1.